The minimum absolute atomic E-state index is 0.0369. The second-order valence-corrected chi connectivity index (χ2v) is 12.7. The lowest BCUT2D eigenvalue weighted by atomic mass is 9.83. The number of nitro groups is 1. The molecule has 10 heteroatoms. The summed E-state index contributed by atoms with van der Waals surface area (Å²) >= 11 is 4.99. The molecule has 5 aromatic rings. The summed E-state index contributed by atoms with van der Waals surface area (Å²) in [5.74, 6) is 1.39. The molecule has 1 aliphatic heterocycles. The Morgan fingerprint density at radius 1 is 1.04 bits per heavy atom. The summed E-state index contributed by atoms with van der Waals surface area (Å²) in [7, 11) is 1.65. The molecule has 7 rings (SSSR count). The Balaban J connectivity index is 1.25. The van der Waals surface area contributed by atoms with E-state index in [-0.39, 0.29) is 23.9 Å². The van der Waals surface area contributed by atoms with E-state index < -0.39 is 4.92 Å². The number of hydrogen-bond acceptors (Lipinski definition) is 7. The van der Waals surface area contributed by atoms with Crippen molar-refractivity contribution < 1.29 is 14.4 Å². The minimum atomic E-state index is -0.427. The lowest BCUT2D eigenvalue weighted by Crippen LogP contribution is -2.38. The quantitative estimate of drug-likeness (QED) is 0.143. The second kappa shape index (κ2) is 11.9. The van der Waals surface area contributed by atoms with Gasteiger partial charge in [0.2, 0.25) is 0 Å². The Morgan fingerprint density at radius 3 is 2.56 bits per heavy atom. The zero-order valence-corrected chi connectivity index (χ0v) is 26.5. The lowest BCUT2D eigenvalue weighted by molar-refractivity contribution is -0.384. The first kappa shape index (κ1) is 28.9. The van der Waals surface area contributed by atoms with Crippen LogP contribution in [0, 0.1) is 10.1 Å². The van der Waals surface area contributed by atoms with E-state index in [9.17, 15) is 14.9 Å². The van der Waals surface area contributed by atoms with Crippen LogP contribution in [-0.4, -0.2) is 16.6 Å². The highest BCUT2D eigenvalue weighted by Gasteiger charge is 2.32. The smallest absolute Gasteiger partial charge is 0.271 e. The van der Waals surface area contributed by atoms with Crippen LogP contribution in [0.15, 0.2) is 111 Å². The predicted molar refractivity (Wildman–Crippen MR) is 177 cm³/mol. The lowest BCUT2D eigenvalue weighted by Gasteiger charge is -2.30. The number of ether oxygens (including phenoxy) is 2. The Labute approximate surface area is 270 Å². The van der Waals surface area contributed by atoms with Crippen LogP contribution in [0.3, 0.4) is 0 Å². The Bertz CT molecular complexity index is 2170. The minimum Gasteiger partial charge on any atom is -0.497 e. The third-order valence-corrected chi connectivity index (χ3v) is 9.70. The van der Waals surface area contributed by atoms with Crippen molar-refractivity contribution in [3.63, 3.8) is 0 Å². The highest BCUT2D eigenvalue weighted by atomic mass is 79.9. The van der Waals surface area contributed by atoms with E-state index in [4.69, 9.17) is 14.5 Å². The van der Waals surface area contributed by atoms with E-state index in [0.29, 0.717) is 15.1 Å². The fourth-order valence-electron chi connectivity index (χ4n) is 5.86. The van der Waals surface area contributed by atoms with E-state index in [1.165, 1.54) is 29.0 Å². The van der Waals surface area contributed by atoms with E-state index in [1.807, 2.05) is 59.2 Å². The number of methoxy groups -OCH3 is 1. The number of thiazole rings is 1. The fourth-order valence-corrected chi connectivity index (χ4v) is 7.37. The Kier molecular flexibility index (Phi) is 7.68. The van der Waals surface area contributed by atoms with Crippen LogP contribution in [0.4, 0.5) is 5.69 Å². The molecule has 4 aromatic carbocycles. The van der Waals surface area contributed by atoms with Gasteiger partial charge < -0.3 is 9.47 Å². The number of rotatable bonds is 7. The van der Waals surface area contributed by atoms with Gasteiger partial charge in [-0.2, -0.15) is 0 Å². The van der Waals surface area contributed by atoms with E-state index in [0.717, 1.165) is 56.6 Å². The van der Waals surface area contributed by atoms with Crippen molar-refractivity contribution in [3.05, 3.63) is 159 Å². The second-order valence-electron chi connectivity index (χ2n) is 10.8. The molecule has 0 bridgehead atoms. The fraction of sp³-hybridized carbons (Fsp3) is 0.143. The van der Waals surface area contributed by atoms with Gasteiger partial charge in [0.15, 0.2) is 4.80 Å². The summed E-state index contributed by atoms with van der Waals surface area (Å²) in [5.41, 5.74) is 7.13. The number of nitrogens with zero attached hydrogens (tertiary/aromatic N) is 3. The van der Waals surface area contributed by atoms with Gasteiger partial charge in [0.05, 0.1) is 32.8 Å². The SMILES string of the molecule is COc1ccc([C@H]2C3=C(N=c4s/c(=C\c5ccc(OCc6ccc([N+](=O)[O-])cc6)c(Br)c5)c(=O)n42)c2ccccc2CC3)cc1. The van der Waals surface area contributed by atoms with Gasteiger partial charge in [-0.15, -0.1) is 0 Å². The van der Waals surface area contributed by atoms with Crippen LogP contribution in [0.1, 0.15) is 40.3 Å². The highest BCUT2D eigenvalue weighted by molar-refractivity contribution is 9.10. The summed E-state index contributed by atoms with van der Waals surface area (Å²) in [6.45, 7) is 0.258. The number of aromatic nitrogens is 1. The molecular weight excluding hydrogens is 654 g/mol. The van der Waals surface area contributed by atoms with Crippen LogP contribution in [0.5, 0.6) is 11.5 Å². The summed E-state index contributed by atoms with van der Waals surface area (Å²) < 4.78 is 14.5. The predicted octanol–water partition coefficient (Wildman–Crippen LogP) is 6.58. The third kappa shape index (κ3) is 5.51. The summed E-state index contributed by atoms with van der Waals surface area (Å²) in [4.78, 5) is 30.3. The molecule has 0 N–H and O–H groups in total. The van der Waals surface area contributed by atoms with Gasteiger partial charge in [-0.1, -0.05) is 53.8 Å². The summed E-state index contributed by atoms with van der Waals surface area (Å²) in [6.07, 6.45) is 3.61. The van der Waals surface area contributed by atoms with Crippen molar-refractivity contribution in [1.29, 1.82) is 0 Å². The average Bonchev–Trinajstić information content (AvgIpc) is 3.37. The summed E-state index contributed by atoms with van der Waals surface area (Å²) in [6, 6.07) is 28.0. The monoisotopic (exact) mass is 679 g/mol. The number of allylic oxidation sites excluding steroid dienone is 1. The molecule has 1 aromatic heterocycles. The van der Waals surface area contributed by atoms with Crippen LogP contribution >= 0.6 is 27.3 Å². The first-order chi connectivity index (χ1) is 21.9. The van der Waals surface area contributed by atoms with E-state index >= 15 is 0 Å². The molecule has 0 saturated heterocycles. The number of nitro benzene ring substituents is 1. The van der Waals surface area contributed by atoms with Gasteiger partial charge in [0.1, 0.15) is 18.1 Å². The van der Waals surface area contributed by atoms with Crippen molar-refractivity contribution in [2.75, 3.05) is 7.11 Å². The topological polar surface area (TPSA) is 96.0 Å². The van der Waals surface area contributed by atoms with Gasteiger partial charge in [0.25, 0.3) is 11.2 Å². The molecule has 45 heavy (non-hydrogen) atoms. The molecule has 0 spiro atoms. The molecule has 0 unspecified atom stereocenters. The van der Waals surface area contributed by atoms with E-state index in [2.05, 4.69) is 34.1 Å². The molecule has 2 aliphatic rings. The third-order valence-electron chi connectivity index (χ3n) is 8.10. The number of non-ortho nitro benzene ring substituents is 1. The van der Waals surface area contributed by atoms with Gasteiger partial charge in [-0.05, 0) is 99.1 Å². The van der Waals surface area contributed by atoms with Crippen molar-refractivity contribution in [1.82, 2.24) is 4.57 Å². The molecule has 2 heterocycles. The normalized spacial score (nSPS) is 15.5. The largest absolute Gasteiger partial charge is 0.497 e. The molecule has 0 radical (unpaired) electrons. The maximum Gasteiger partial charge on any atom is 0.271 e. The number of fused-ring (bicyclic) bond motifs is 3. The van der Waals surface area contributed by atoms with Crippen LogP contribution in [-0.2, 0) is 13.0 Å². The van der Waals surface area contributed by atoms with Gasteiger partial charge in [0, 0.05) is 17.7 Å². The molecule has 1 atom stereocenters. The van der Waals surface area contributed by atoms with Crippen molar-refractivity contribution in [3.8, 4) is 11.5 Å². The molecule has 8 nitrogen and oxygen atoms in total. The number of hydrogen-bond donors (Lipinski definition) is 0. The van der Waals surface area contributed by atoms with Crippen molar-refractivity contribution in [2.24, 2.45) is 4.99 Å². The van der Waals surface area contributed by atoms with Crippen molar-refractivity contribution in [2.45, 2.75) is 25.5 Å². The average molecular weight is 681 g/mol. The standard InChI is InChI=1S/C35H26BrN3O5S/c1-43-26-14-9-24(10-15-26)33-28-16-11-23-4-2-3-5-27(23)32(28)37-35-38(33)34(40)31(45-35)19-22-8-17-30(29(36)18-22)44-20-21-6-12-25(13-7-21)39(41)42/h2-10,12-15,17-19,33H,11,16,20H2,1H3/b31-19-/t33-/m0/s1. The maximum absolute atomic E-state index is 14.1. The maximum atomic E-state index is 14.1. The number of halogens is 1. The van der Waals surface area contributed by atoms with Crippen LogP contribution in [0.25, 0.3) is 11.8 Å². The van der Waals surface area contributed by atoms with Crippen LogP contribution < -0.4 is 24.4 Å². The Morgan fingerprint density at radius 2 is 1.82 bits per heavy atom. The molecule has 1 aliphatic carbocycles. The van der Waals surface area contributed by atoms with Gasteiger partial charge in [-0.25, -0.2) is 4.99 Å². The van der Waals surface area contributed by atoms with Crippen molar-refractivity contribution >= 4 is 44.7 Å². The molecule has 224 valence electrons. The van der Waals surface area contributed by atoms with Crippen LogP contribution in [0.2, 0.25) is 0 Å². The Hall–Kier alpha value is -4.80. The van der Waals surface area contributed by atoms with Gasteiger partial charge in [-0.3, -0.25) is 19.5 Å². The van der Waals surface area contributed by atoms with E-state index in [1.54, 1.807) is 19.2 Å². The molecular formula is C35H26BrN3O5S. The number of aryl methyl sites for hydroxylation is 1. The molecule has 0 fully saturated rings. The highest BCUT2D eigenvalue weighted by Crippen LogP contribution is 2.41. The zero-order chi connectivity index (χ0) is 31.1. The van der Waals surface area contributed by atoms with Gasteiger partial charge >= 0.3 is 0 Å². The number of benzene rings is 4. The summed E-state index contributed by atoms with van der Waals surface area (Å²) in [5, 5.41) is 10.9. The molecule has 0 saturated carbocycles. The molecule has 0 amide bonds. The zero-order valence-electron chi connectivity index (χ0n) is 24.1. The first-order valence-corrected chi connectivity index (χ1v) is 15.9. The first-order valence-electron chi connectivity index (χ1n) is 14.3.